The smallest absolute Gasteiger partial charge is 0.306 e. The van der Waals surface area contributed by atoms with Crippen LogP contribution in [0.25, 0.3) is 16.6 Å². The lowest BCUT2D eigenvalue weighted by atomic mass is 10.2. The standard InChI is InChI=1S/C17H18N2O2Si/c1-22(2,3)13-8-6-7-12(11-13)19-16(20)14-9-4-5-10-15(14)18-17(19)21/h4-11H,1-3H3,(H,18,21). The second-order valence-electron chi connectivity index (χ2n) is 6.42. The number of aromatic nitrogens is 2. The van der Waals surface area contributed by atoms with Gasteiger partial charge < -0.3 is 4.98 Å². The zero-order valence-electron chi connectivity index (χ0n) is 12.9. The van der Waals surface area contributed by atoms with Gasteiger partial charge in [-0.3, -0.25) is 4.79 Å². The Morgan fingerprint density at radius 2 is 1.68 bits per heavy atom. The van der Waals surface area contributed by atoms with Crippen LogP contribution < -0.4 is 16.4 Å². The fraction of sp³-hybridized carbons (Fsp3) is 0.176. The number of hydrogen-bond donors (Lipinski definition) is 1. The fourth-order valence-corrected chi connectivity index (χ4v) is 3.69. The van der Waals surface area contributed by atoms with Gasteiger partial charge in [0.25, 0.3) is 5.56 Å². The van der Waals surface area contributed by atoms with Crippen molar-refractivity contribution in [2.24, 2.45) is 0 Å². The topological polar surface area (TPSA) is 54.9 Å². The minimum absolute atomic E-state index is 0.285. The summed E-state index contributed by atoms with van der Waals surface area (Å²) in [5.41, 5.74) is 0.496. The highest BCUT2D eigenvalue weighted by Crippen LogP contribution is 2.09. The molecule has 1 N–H and O–H groups in total. The molecular weight excluding hydrogens is 292 g/mol. The van der Waals surface area contributed by atoms with E-state index in [4.69, 9.17) is 0 Å². The fourth-order valence-electron chi connectivity index (χ4n) is 2.51. The third-order valence-electron chi connectivity index (χ3n) is 3.78. The SMILES string of the molecule is C[Si](C)(C)c1cccc(-n2c(=O)[nH]c3ccccc3c2=O)c1. The van der Waals surface area contributed by atoms with Crippen LogP contribution in [0, 0.1) is 0 Å². The number of nitrogens with one attached hydrogen (secondary N) is 1. The van der Waals surface area contributed by atoms with E-state index in [-0.39, 0.29) is 5.56 Å². The normalized spacial score (nSPS) is 11.8. The molecule has 0 saturated heterocycles. The summed E-state index contributed by atoms with van der Waals surface area (Å²) in [5.74, 6) is 0. The number of hydrogen-bond acceptors (Lipinski definition) is 2. The Hall–Kier alpha value is -2.40. The van der Waals surface area contributed by atoms with Crippen LogP contribution >= 0.6 is 0 Å². The quantitative estimate of drug-likeness (QED) is 0.738. The number of rotatable bonds is 2. The Bertz CT molecular complexity index is 965. The third-order valence-corrected chi connectivity index (χ3v) is 5.82. The van der Waals surface area contributed by atoms with Crippen molar-refractivity contribution in [3.8, 4) is 5.69 Å². The number of aromatic amines is 1. The first-order valence-electron chi connectivity index (χ1n) is 7.23. The molecule has 5 heteroatoms. The summed E-state index contributed by atoms with van der Waals surface area (Å²) in [6, 6.07) is 14.8. The van der Waals surface area contributed by atoms with Crippen LogP contribution in [0.1, 0.15) is 0 Å². The monoisotopic (exact) mass is 310 g/mol. The van der Waals surface area contributed by atoms with Crippen molar-refractivity contribution in [3.63, 3.8) is 0 Å². The molecule has 3 aromatic rings. The molecule has 0 amide bonds. The second kappa shape index (κ2) is 5.10. The maximum Gasteiger partial charge on any atom is 0.333 e. The van der Waals surface area contributed by atoms with E-state index in [0.717, 1.165) is 0 Å². The predicted octanol–water partition coefficient (Wildman–Crippen LogP) is 2.22. The third kappa shape index (κ3) is 2.44. The molecule has 0 unspecified atom stereocenters. The molecule has 0 fully saturated rings. The van der Waals surface area contributed by atoms with Crippen molar-refractivity contribution in [2.45, 2.75) is 19.6 Å². The van der Waals surface area contributed by atoms with Crippen LogP contribution in [0.4, 0.5) is 0 Å². The average Bonchev–Trinajstić information content (AvgIpc) is 2.47. The predicted molar refractivity (Wildman–Crippen MR) is 93.1 cm³/mol. The van der Waals surface area contributed by atoms with Crippen LogP contribution in [0.5, 0.6) is 0 Å². The van der Waals surface area contributed by atoms with E-state index in [9.17, 15) is 9.59 Å². The molecular formula is C17H18N2O2Si. The van der Waals surface area contributed by atoms with E-state index >= 15 is 0 Å². The lowest BCUT2D eigenvalue weighted by molar-refractivity contribution is 0.902. The summed E-state index contributed by atoms with van der Waals surface area (Å²) in [7, 11) is -1.51. The summed E-state index contributed by atoms with van der Waals surface area (Å²) in [6.45, 7) is 6.71. The Balaban J connectivity index is 2.32. The van der Waals surface area contributed by atoms with E-state index in [0.29, 0.717) is 16.6 Å². The van der Waals surface area contributed by atoms with Crippen LogP contribution in [0.2, 0.25) is 19.6 Å². The van der Waals surface area contributed by atoms with Crippen LogP contribution in [-0.4, -0.2) is 17.6 Å². The molecule has 0 spiro atoms. The van der Waals surface area contributed by atoms with Crippen molar-refractivity contribution in [1.82, 2.24) is 9.55 Å². The van der Waals surface area contributed by atoms with E-state index in [1.165, 1.54) is 9.75 Å². The molecule has 0 bridgehead atoms. The van der Waals surface area contributed by atoms with Gasteiger partial charge in [-0.05, 0) is 24.3 Å². The summed E-state index contributed by atoms with van der Waals surface area (Å²) >= 11 is 0. The molecule has 3 rings (SSSR count). The molecule has 1 heterocycles. The van der Waals surface area contributed by atoms with Gasteiger partial charge >= 0.3 is 5.69 Å². The van der Waals surface area contributed by atoms with Crippen LogP contribution in [0.15, 0.2) is 58.1 Å². The summed E-state index contributed by atoms with van der Waals surface area (Å²) in [5, 5.41) is 1.73. The molecule has 0 aliphatic rings. The van der Waals surface area contributed by atoms with E-state index in [2.05, 4.69) is 30.7 Å². The maximum atomic E-state index is 12.7. The van der Waals surface area contributed by atoms with Gasteiger partial charge in [0.2, 0.25) is 0 Å². The number of fused-ring (bicyclic) bond motifs is 1. The second-order valence-corrected chi connectivity index (χ2v) is 11.5. The highest BCUT2D eigenvalue weighted by molar-refractivity contribution is 6.88. The first-order chi connectivity index (χ1) is 10.4. The van der Waals surface area contributed by atoms with Crippen LogP contribution in [-0.2, 0) is 0 Å². The highest BCUT2D eigenvalue weighted by Gasteiger charge is 2.17. The van der Waals surface area contributed by atoms with E-state index < -0.39 is 13.8 Å². The average molecular weight is 310 g/mol. The van der Waals surface area contributed by atoms with Gasteiger partial charge in [0.1, 0.15) is 0 Å². The van der Waals surface area contributed by atoms with Gasteiger partial charge in [-0.15, -0.1) is 0 Å². The Morgan fingerprint density at radius 3 is 2.41 bits per heavy atom. The minimum atomic E-state index is -1.51. The Kier molecular flexibility index (Phi) is 3.37. The summed E-state index contributed by atoms with van der Waals surface area (Å²) in [4.78, 5) is 27.8. The first kappa shape index (κ1) is 14.5. The van der Waals surface area contributed by atoms with Crippen molar-refractivity contribution in [2.75, 3.05) is 0 Å². The number of para-hydroxylation sites is 1. The largest absolute Gasteiger partial charge is 0.333 e. The maximum absolute atomic E-state index is 12.7. The van der Waals surface area contributed by atoms with Gasteiger partial charge in [0.05, 0.1) is 24.7 Å². The van der Waals surface area contributed by atoms with Crippen molar-refractivity contribution in [1.29, 1.82) is 0 Å². The molecule has 22 heavy (non-hydrogen) atoms. The molecule has 0 radical (unpaired) electrons. The molecule has 0 saturated carbocycles. The molecule has 0 atom stereocenters. The van der Waals surface area contributed by atoms with E-state index in [1.54, 1.807) is 30.3 Å². The summed E-state index contributed by atoms with van der Waals surface area (Å²) in [6.07, 6.45) is 0. The van der Waals surface area contributed by atoms with Gasteiger partial charge in [0.15, 0.2) is 0 Å². The number of benzene rings is 2. The molecule has 0 aliphatic heterocycles. The lowest BCUT2D eigenvalue weighted by Gasteiger charge is -2.17. The molecule has 4 nitrogen and oxygen atoms in total. The van der Waals surface area contributed by atoms with Crippen molar-refractivity contribution in [3.05, 3.63) is 69.4 Å². The first-order valence-corrected chi connectivity index (χ1v) is 10.7. The van der Waals surface area contributed by atoms with Crippen LogP contribution in [0.3, 0.4) is 0 Å². The molecule has 0 aliphatic carbocycles. The van der Waals surface area contributed by atoms with Crippen molar-refractivity contribution >= 4 is 24.2 Å². The minimum Gasteiger partial charge on any atom is -0.306 e. The van der Waals surface area contributed by atoms with Gasteiger partial charge in [-0.1, -0.05) is 49.1 Å². The zero-order valence-corrected chi connectivity index (χ0v) is 13.9. The zero-order chi connectivity index (χ0) is 15.9. The highest BCUT2D eigenvalue weighted by atomic mass is 28.3. The number of nitrogens with zero attached hydrogens (tertiary/aromatic N) is 1. The Morgan fingerprint density at radius 1 is 0.955 bits per heavy atom. The van der Waals surface area contributed by atoms with Gasteiger partial charge in [-0.2, -0.15) is 0 Å². The Labute approximate surface area is 129 Å². The van der Waals surface area contributed by atoms with Gasteiger partial charge in [-0.25, -0.2) is 9.36 Å². The molecule has 2 aromatic carbocycles. The van der Waals surface area contributed by atoms with Gasteiger partial charge in [0, 0.05) is 0 Å². The number of H-pyrrole nitrogens is 1. The summed E-state index contributed by atoms with van der Waals surface area (Å²) < 4.78 is 1.21. The molecule has 112 valence electrons. The van der Waals surface area contributed by atoms with E-state index in [1.807, 2.05) is 12.1 Å². The lowest BCUT2D eigenvalue weighted by Crippen LogP contribution is -2.39. The van der Waals surface area contributed by atoms with Crippen molar-refractivity contribution < 1.29 is 0 Å². The molecule has 1 aromatic heterocycles.